The quantitative estimate of drug-likeness (QED) is 0.207. The van der Waals surface area contributed by atoms with Gasteiger partial charge in [0, 0.05) is 17.6 Å². The van der Waals surface area contributed by atoms with Gasteiger partial charge in [0.05, 0.1) is 34.9 Å². The topological polar surface area (TPSA) is 123 Å². The number of fused-ring (bicyclic) bond motifs is 2. The molecule has 0 radical (unpaired) electrons. The second kappa shape index (κ2) is 11.4. The number of alkyl halides is 4. The summed E-state index contributed by atoms with van der Waals surface area (Å²) in [6.07, 6.45) is -6.48. The van der Waals surface area contributed by atoms with Crippen LogP contribution in [0.3, 0.4) is 0 Å². The molecule has 3 amide bonds. The van der Waals surface area contributed by atoms with Crippen molar-refractivity contribution in [2.45, 2.75) is 64.3 Å². The first-order chi connectivity index (χ1) is 21.7. The van der Waals surface area contributed by atoms with Crippen LogP contribution in [0.4, 0.5) is 28.0 Å². The first-order valence-corrected chi connectivity index (χ1v) is 14.5. The molecule has 4 aromatic rings. The molecule has 0 unspecified atom stereocenters. The Morgan fingerprint density at radius 1 is 1.07 bits per heavy atom. The van der Waals surface area contributed by atoms with E-state index >= 15 is 4.39 Å². The van der Waals surface area contributed by atoms with Gasteiger partial charge in [-0.3, -0.25) is 14.5 Å². The number of hydrogen-bond acceptors (Lipinski definition) is 8. The Kier molecular flexibility index (Phi) is 7.73. The van der Waals surface area contributed by atoms with Crippen molar-refractivity contribution in [3.05, 3.63) is 65.5 Å². The third-order valence-electron chi connectivity index (χ3n) is 7.69. The van der Waals surface area contributed by atoms with Crippen molar-refractivity contribution >= 4 is 34.5 Å². The zero-order valence-electron chi connectivity index (χ0n) is 25.1. The summed E-state index contributed by atoms with van der Waals surface area (Å²) in [7, 11) is 0. The van der Waals surface area contributed by atoms with Gasteiger partial charge in [0.2, 0.25) is 11.7 Å². The lowest BCUT2D eigenvalue weighted by Gasteiger charge is -2.36. The van der Waals surface area contributed by atoms with E-state index in [1.807, 2.05) is 0 Å². The summed E-state index contributed by atoms with van der Waals surface area (Å²) in [5.74, 6) is -1.44. The number of carbonyl (C=O) groups is 3. The van der Waals surface area contributed by atoms with Gasteiger partial charge in [0.1, 0.15) is 24.9 Å². The normalized spacial score (nSPS) is 18.8. The first-order valence-electron chi connectivity index (χ1n) is 14.5. The number of anilines is 1. The van der Waals surface area contributed by atoms with E-state index in [1.165, 1.54) is 29.2 Å². The molecule has 2 atom stereocenters. The SMILES string of the molecule is CC(C)(C)OC(=O)N1CC[C@@H](Nc2cccc3c2cc(-c2noc(CN4C(=O)c5ccccc5C4=O)n2)n3CC(F)(F)F)[C@@H](F)C1. The summed E-state index contributed by atoms with van der Waals surface area (Å²) in [6, 6.07) is 11.7. The molecule has 4 heterocycles. The summed E-state index contributed by atoms with van der Waals surface area (Å²) in [5.41, 5.74) is 0.254. The standard InChI is InChI=1S/C31H30F4N6O5/c1-30(2,3)45-29(44)39-12-11-22(20(32)14-39)36-21-9-6-10-23-19(21)13-24(41(23)16-31(33,34)35)26-37-25(46-38-26)15-40-27(42)17-7-4-5-8-18(17)28(40)43/h4-10,13,20,22,36H,11-12,14-16H2,1-3H3/t20-,22+/m0/s1. The monoisotopic (exact) mass is 642 g/mol. The van der Waals surface area contributed by atoms with Crippen LogP contribution >= 0.6 is 0 Å². The molecule has 2 aliphatic rings. The highest BCUT2D eigenvalue weighted by atomic mass is 19.4. The molecule has 0 aliphatic carbocycles. The number of halogens is 4. The van der Waals surface area contributed by atoms with Crippen LogP contribution in [0.25, 0.3) is 22.4 Å². The van der Waals surface area contributed by atoms with Gasteiger partial charge in [-0.1, -0.05) is 23.4 Å². The van der Waals surface area contributed by atoms with Crippen LogP contribution < -0.4 is 5.32 Å². The van der Waals surface area contributed by atoms with Gasteiger partial charge in [-0.25, -0.2) is 9.18 Å². The molecule has 0 bridgehead atoms. The number of ether oxygens (including phenoxy) is 1. The summed E-state index contributed by atoms with van der Waals surface area (Å²) >= 11 is 0. The van der Waals surface area contributed by atoms with Gasteiger partial charge in [-0.15, -0.1) is 0 Å². The predicted octanol–water partition coefficient (Wildman–Crippen LogP) is 5.81. The minimum absolute atomic E-state index is 0.0320. The number of amides is 3. The average Bonchev–Trinajstić information content (AvgIpc) is 3.65. The van der Waals surface area contributed by atoms with Crippen LogP contribution in [-0.2, 0) is 17.8 Å². The molecule has 46 heavy (non-hydrogen) atoms. The molecule has 1 N–H and O–H groups in total. The number of aromatic nitrogens is 3. The number of nitrogens with one attached hydrogen (secondary N) is 1. The lowest BCUT2D eigenvalue weighted by Crippen LogP contribution is -2.51. The van der Waals surface area contributed by atoms with E-state index in [-0.39, 0.29) is 60.1 Å². The van der Waals surface area contributed by atoms with Crippen LogP contribution in [0.1, 0.15) is 53.8 Å². The third-order valence-corrected chi connectivity index (χ3v) is 7.69. The molecule has 11 nitrogen and oxygen atoms in total. The number of rotatable bonds is 6. The van der Waals surface area contributed by atoms with Crippen molar-refractivity contribution < 1.29 is 41.2 Å². The molecular weight excluding hydrogens is 612 g/mol. The summed E-state index contributed by atoms with van der Waals surface area (Å²) in [5, 5.41) is 7.34. The van der Waals surface area contributed by atoms with Gasteiger partial charge >= 0.3 is 12.3 Å². The van der Waals surface area contributed by atoms with Gasteiger partial charge in [-0.05, 0) is 57.5 Å². The molecule has 0 saturated carbocycles. The molecule has 2 aliphatic heterocycles. The van der Waals surface area contributed by atoms with Gasteiger partial charge < -0.3 is 24.0 Å². The molecule has 15 heteroatoms. The first kappa shape index (κ1) is 31.0. The molecule has 1 fully saturated rings. The number of imide groups is 1. The van der Waals surface area contributed by atoms with Crippen molar-refractivity contribution in [1.29, 1.82) is 0 Å². The Morgan fingerprint density at radius 3 is 2.39 bits per heavy atom. The average molecular weight is 643 g/mol. The summed E-state index contributed by atoms with van der Waals surface area (Å²) in [4.78, 5) is 44.4. The molecule has 242 valence electrons. The molecule has 1 saturated heterocycles. The molecule has 2 aromatic heterocycles. The Morgan fingerprint density at radius 2 is 1.76 bits per heavy atom. The van der Waals surface area contributed by atoms with Gasteiger partial charge in [0.25, 0.3) is 11.8 Å². The molecular formula is C31H30F4N6O5. The van der Waals surface area contributed by atoms with E-state index in [0.717, 1.165) is 9.47 Å². The van der Waals surface area contributed by atoms with E-state index < -0.39 is 48.4 Å². The fraction of sp³-hybridized carbons (Fsp3) is 0.387. The zero-order valence-corrected chi connectivity index (χ0v) is 25.1. The lowest BCUT2D eigenvalue weighted by atomic mass is 10.0. The highest BCUT2D eigenvalue weighted by Crippen LogP contribution is 2.35. The maximum absolute atomic E-state index is 15.3. The molecule has 2 aromatic carbocycles. The van der Waals surface area contributed by atoms with Crippen molar-refractivity contribution in [3.8, 4) is 11.5 Å². The minimum Gasteiger partial charge on any atom is -0.444 e. The third kappa shape index (κ3) is 6.13. The Labute approximate surface area is 260 Å². The molecule has 0 spiro atoms. The maximum atomic E-state index is 15.3. The number of piperidine rings is 1. The second-order valence-electron chi connectivity index (χ2n) is 12.2. The summed E-state index contributed by atoms with van der Waals surface area (Å²) in [6.45, 7) is 3.43. The van der Waals surface area contributed by atoms with E-state index in [1.54, 1.807) is 45.0 Å². The number of benzene rings is 2. The highest BCUT2D eigenvalue weighted by molar-refractivity contribution is 6.21. The Bertz CT molecular complexity index is 1790. The van der Waals surface area contributed by atoms with E-state index in [4.69, 9.17) is 9.26 Å². The van der Waals surface area contributed by atoms with Gasteiger partial charge in [0.15, 0.2) is 0 Å². The van der Waals surface area contributed by atoms with Crippen LogP contribution in [0.2, 0.25) is 0 Å². The minimum atomic E-state index is -4.62. The van der Waals surface area contributed by atoms with Crippen LogP contribution in [0.15, 0.2) is 53.1 Å². The number of likely N-dealkylation sites (tertiary alicyclic amines) is 1. The van der Waals surface area contributed by atoms with Crippen LogP contribution in [0.5, 0.6) is 0 Å². The second-order valence-corrected chi connectivity index (χ2v) is 12.2. The van der Waals surface area contributed by atoms with Crippen molar-refractivity contribution in [3.63, 3.8) is 0 Å². The zero-order chi connectivity index (χ0) is 33.0. The van der Waals surface area contributed by atoms with Gasteiger partial charge in [-0.2, -0.15) is 18.2 Å². The van der Waals surface area contributed by atoms with Crippen LogP contribution in [0, 0.1) is 0 Å². The number of nitrogens with zero attached hydrogens (tertiary/aromatic N) is 5. The van der Waals surface area contributed by atoms with Crippen molar-refractivity contribution in [2.75, 3.05) is 18.4 Å². The fourth-order valence-corrected chi connectivity index (χ4v) is 5.65. The maximum Gasteiger partial charge on any atom is 0.410 e. The highest BCUT2D eigenvalue weighted by Gasteiger charge is 2.37. The van der Waals surface area contributed by atoms with Crippen molar-refractivity contribution in [1.82, 2.24) is 24.5 Å². The largest absolute Gasteiger partial charge is 0.444 e. The molecule has 6 rings (SSSR count). The Balaban J connectivity index is 1.26. The summed E-state index contributed by atoms with van der Waals surface area (Å²) < 4.78 is 68.3. The van der Waals surface area contributed by atoms with Crippen LogP contribution in [-0.4, -0.2) is 79.5 Å². The van der Waals surface area contributed by atoms with Crippen molar-refractivity contribution in [2.24, 2.45) is 0 Å². The predicted molar refractivity (Wildman–Crippen MR) is 157 cm³/mol. The smallest absolute Gasteiger partial charge is 0.410 e. The van der Waals surface area contributed by atoms with E-state index in [0.29, 0.717) is 11.1 Å². The number of carbonyl (C=O) groups excluding carboxylic acids is 3. The Hall–Kier alpha value is -4.95. The lowest BCUT2D eigenvalue weighted by molar-refractivity contribution is -0.139. The van der Waals surface area contributed by atoms with E-state index in [9.17, 15) is 27.6 Å². The van der Waals surface area contributed by atoms with E-state index in [2.05, 4.69) is 15.5 Å². The number of hydrogen-bond donors (Lipinski definition) is 1. The fourth-order valence-electron chi connectivity index (χ4n) is 5.65.